The standard InChI is InChI=1S/C9H16O4Si/c1-7(6-8(10)12-2)9(11)13-14(3,4)5/h1,6H2,2-5H3. The number of esters is 1. The number of hydrogen-bond acceptors (Lipinski definition) is 4. The first-order valence-corrected chi connectivity index (χ1v) is 7.65. The van der Waals surface area contributed by atoms with E-state index in [9.17, 15) is 9.59 Å². The molecule has 4 nitrogen and oxygen atoms in total. The maximum absolute atomic E-state index is 11.3. The maximum Gasteiger partial charge on any atom is 0.320 e. The molecule has 0 atom stereocenters. The molecule has 5 heteroatoms. The molecule has 0 aromatic rings. The fourth-order valence-corrected chi connectivity index (χ4v) is 1.37. The van der Waals surface area contributed by atoms with Crippen LogP contribution in [0.15, 0.2) is 12.2 Å². The van der Waals surface area contributed by atoms with Crippen LogP contribution in [0.3, 0.4) is 0 Å². The normalized spacial score (nSPS) is 10.6. The van der Waals surface area contributed by atoms with Gasteiger partial charge >= 0.3 is 11.9 Å². The summed E-state index contributed by atoms with van der Waals surface area (Å²) in [6.07, 6.45) is -0.111. The molecule has 0 spiro atoms. The van der Waals surface area contributed by atoms with Crippen molar-refractivity contribution in [2.24, 2.45) is 0 Å². The minimum Gasteiger partial charge on any atom is -0.517 e. The molecule has 14 heavy (non-hydrogen) atoms. The van der Waals surface area contributed by atoms with Crippen LogP contribution < -0.4 is 0 Å². The number of rotatable bonds is 4. The van der Waals surface area contributed by atoms with Gasteiger partial charge in [0.2, 0.25) is 8.32 Å². The van der Waals surface area contributed by atoms with Crippen LogP contribution >= 0.6 is 0 Å². The molecule has 0 aromatic carbocycles. The third-order valence-electron chi connectivity index (χ3n) is 1.27. The first-order chi connectivity index (χ1) is 6.26. The summed E-state index contributed by atoms with van der Waals surface area (Å²) in [6.45, 7) is 9.13. The zero-order chi connectivity index (χ0) is 11.4. The lowest BCUT2D eigenvalue weighted by atomic mass is 10.2. The predicted molar refractivity (Wildman–Crippen MR) is 55.2 cm³/mol. The summed E-state index contributed by atoms with van der Waals surface area (Å²) >= 11 is 0. The molecule has 0 saturated heterocycles. The SMILES string of the molecule is C=C(CC(=O)OC)C(=O)O[Si](C)(C)C. The second-order valence-corrected chi connectivity index (χ2v) is 8.29. The Kier molecular flexibility index (Phi) is 4.56. The summed E-state index contributed by atoms with van der Waals surface area (Å²) in [5.41, 5.74) is 0.138. The zero-order valence-electron chi connectivity index (χ0n) is 9.05. The van der Waals surface area contributed by atoms with Gasteiger partial charge in [-0.2, -0.15) is 0 Å². The van der Waals surface area contributed by atoms with Crippen LogP contribution in [-0.4, -0.2) is 27.4 Å². The van der Waals surface area contributed by atoms with Gasteiger partial charge in [-0.05, 0) is 19.6 Å². The van der Waals surface area contributed by atoms with E-state index in [1.807, 2.05) is 19.6 Å². The van der Waals surface area contributed by atoms with E-state index in [0.29, 0.717) is 0 Å². The van der Waals surface area contributed by atoms with Gasteiger partial charge in [0.25, 0.3) is 0 Å². The van der Waals surface area contributed by atoms with Crippen molar-refractivity contribution in [2.45, 2.75) is 26.1 Å². The molecule has 0 heterocycles. The van der Waals surface area contributed by atoms with E-state index in [1.54, 1.807) is 0 Å². The topological polar surface area (TPSA) is 52.6 Å². The Morgan fingerprint density at radius 3 is 2.14 bits per heavy atom. The fourth-order valence-electron chi connectivity index (χ4n) is 0.669. The summed E-state index contributed by atoms with van der Waals surface area (Å²) in [7, 11) is -0.643. The number of carbonyl (C=O) groups is 2. The highest BCUT2D eigenvalue weighted by molar-refractivity contribution is 6.71. The molecule has 0 amide bonds. The second-order valence-electron chi connectivity index (χ2n) is 3.86. The first kappa shape index (κ1) is 12.9. The minimum absolute atomic E-state index is 0.111. The molecule has 0 radical (unpaired) electrons. The highest BCUT2D eigenvalue weighted by atomic mass is 28.4. The van der Waals surface area contributed by atoms with E-state index in [0.717, 1.165) is 0 Å². The van der Waals surface area contributed by atoms with E-state index in [1.165, 1.54) is 7.11 Å². The van der Waals surface area contributed by atoms with Crippen LogP contribution in [-0.2, 0) is 18.8 Å². The molecule has 80 valence electrons. The van der Waals surface area contributed by atoms with Crippen LogP contribution in [0.4, 0.5) is 0 Å². The molecule has 0 rings (SSSR count). The van der Waals surface area contributed by atoms with Crippen LogP contribution in [0.25, 0.3) is 0 Å². The average molecular weight is 216 g/mol. The summed E-state index contributed by atoms with van der Waals surface area (Å²) in [6, 6.07) is 0. The molecule has 0 saturated carbocycles. The maximum atomic E-state index is 11.3. The lowest BCUT2D eigenvalue weighted by Gasteiger charge is -2.17. The fraction of sp³-hybridized carbons (Fsp3) is 0.556. The van der Waals surface area contributed by atoms with Crippen LogP contribution in [0.1, 0.15) is 6.42 Å². The van der Waals surface area contributed by atoms with Crippen LogP contribution in [0.5, 0.6) is 0 Å². The van der Waals surface area contributed by atoms with E-state index < -0.39 is 20.3 Å². The second kappa shape index (κ2) is 4.95. The van der Waals surface area contributed by atoms with E-state index in [-0.39, 0.29) is 12.0 Å². The van der Waals surface area contributed by atoms with Gasteiger partial charge in [0, 0.05) is 5.57 Å². The molecule has 0 aliphatic rings. The van der Waals surface area contributed by atoms with Crippen molar-refractivity contribution in [3.05, 3.63) is 12.2 Å². The Balaban J connectivity index is 4.15. The Morgan fingerprint density at radius 2 is 1.79 bits per heavy atom. The molecule has 0 aliphatic heterocycles. The Bertz CT molecular complexity index is 252. The highest BCUT2D eigenvalue weighted by Crippen LogP contribution is 2.09. The first-order valence-electron chi connectivity index (χ1n) is 4.24. The monoisotopic (exact) mass is 216 g/mol. The molecule has 0 fully saturated rings. The predicted octanol–water partition coefficient (Wildman–Crippen LogP) is 1.48. The summed E-state index contributed by atoms with van der Waals surface area (Å²) in [5, 5.41) is 0. The Hall–Kier alpha value is -1.10. The number of carbonyl (C=O) groups excluding carboxylic acids is 2. The van der Waals surface area contributed by atoms with Crippen molar-refractivity contribution in [3.63, 3.8) is 0 Å². The molecule has 0 unspecified atom stereocenters. The molecular formula is C9H16O4Si. The quantitative estimate of drug-likeness (QED) is 0.406. The Morgan fingerprint density at radius 1 is 1.29 bits per heavy atom. The van der Waals surface area contributed by atoms with Gasteiger partial charge in [0.05, 0.1) is 13.5 Å². The summed E-state index contributed by atoms with van der Waals surface area (Å²) in [5.74, 6) is -0.989. The zero-order valence-corrected chi connectivity index (χ0v) is 10.0. The van der Waals surface area contributed by atoms with Crippen LogP contribution in [0.2, 0.25) is 19.6 Å². The summed E-state index contributed by atoms with van der Waals surface area (Å²) < 4.78 is 9.54. The number of hydrogen-bond donors (Lipinski definition) is 0. The minimum atomic E-state index is -1.91. The van der Waals surface area contributed by atoms with E-state index >= 15 is 0 Å². The molecule has 0 N–H and O–H groups in total. The lowest BCUT2D eigenvalue weighted by Crippen LogP contribution is -2.30. The largest absolute Gasteiger partial charge is 0.517 e. The molecule has 0 bridgehead atoms. The van der Waals surface area contributed by atoms with Crippen molar-refractivity contribution >= 4 is 20.3 Å². The van der Waals surface area contributed by atoms with Crippen molar-refractivity contribution in [1.29, 1.82) is 0 Å². The molecule has 0 aliphatic carbocycles. The van der Waals surface area contributed by atoms with Gasteiger partial charge < -0.3 is 9.16 Å². The van der Waals surface area contributed by atoms with Crippen molar-refractivity contribution < 1.29 is 18.8 Å². The van der Waals surface area contributed by atoms with E-state index in [2.05, 4.69) is 11.3 Å². The van der Waals surface area contributed by atoms with Gasteiger partial charge in [-0.3, -0.25) is 4.79 Å². The van der Waals surface area contributed by atoms with Gasteiger partial charge in [-0.15, -0.1) is 0 Å². The summed E-state index contributed by atoms with van der Waals surface area (Å²) in [4.78, 5) is 22.1. The third kappa shape index (κ3) is 5.53. The lowest BCUT2D eigenvalue weighted by molar-refractivity contribution is -0.141. The molecular weight excluding hydrogens is 200 g/mol. The average Bonchev–Trinajstić information content (AvgIpc) is 2.00. The number of ether oxygens (including phenoxy) is 1. The van der Waals surface area contributed by atoms with Gasteiger partial charge in [-0.25, -0.2) is 4.79 Å². The van der Waals surface area contributed by atoms with Gasteiger partial charge in [0.15, 0.2) is 0 Å². The van der Waals surface area contributed by atoms with Gasteiger partial charge in [-0.1, -0.05) is 6.58 Å². The molecule has 0 aromatic heterocycles. The smallest absolute Gasteiger partial charge is 0.320 e. The third-order valence-corrected chi connectivity index (χ3v) is 2.07. The highest BCUT2D eigenvalue weighted by Gasteiger charge is 2.22. The van der Waals surface area contributed by atoms with Crippen molar-refractivity contribution in [1.82, 2.24) is 0 Å². The van der Waals surface area contributed by atoms with E-state index in [4.69, 9.17) is 4.43 Å². The van der Waals surface area contributed by atoms with Crippen molar-refractivity contribution in [2.75, 3.05) is 7.11 Å². The Labute approximate surface area is 85.0 Å². The van der Waals surface area contributed by atoms with Crippen LogP contribution in [0, 0.1) is 0 Å². The number of methoxy groups -OCH3 is 1. The van der Waals surface area contributed by atoms with Crippen molar-refractivity contribution in [3.8, 4) is 0 Å². The van der Waals surface area contributed by atoms with Gasteiger partial charge in [0.1, 0.15) is 0 Å².